The number of nitrogens with one attached hydrogen (secondary N) is 3. The second-order valence-electron chi connectivity index (χ2n) is 8.01. The van der Waals surface area contributed by atoms with Gasteiger partial charge in [0, 0.05) is 29.5 Å². The normalized spacial score (nSPS) is 11.2. The molecule has 2 aromatic carbocycles. The number of nitrogens with zero attached hydrogens (tertiary/aromatic N) is 5. The summed E-state index contributed by atoms with van der Waals surface area (Å²) in [6, 6.07) is 12.8. The van der Waals surface area contributed by atoms with E-state index < -0.39 is 29.7 Å². The highest BCUT2D eigenvalue weighted by Crippen LogP contribution is 2.23. The molecule has 3 amide bonds. The molecule has 3 N–H and O–H groups in total. The Labute approximate surface area is 226 Å². The Balaban J connectivity index is 1.50. The van der Waals surface area contributed by atoms with Crippen LogP contribution in [0.4, 0.5) is 11.4 Å². The molecule has 0 radical (unpaired) electrons. The summed E-state index contributed by atoms with van der Waals surface area (Å²) in [5, 5.41) is 18.8. The van der Waals surface area contributed by atoms with Gasteiger partial charge in [0.25, 0.3) is 0 Å². The van der Waals surface area contributed by atoms with Crippen LogP contribution >= 0.6 is 11.6 Å². The summed E-state index contributed by atoms with van der Waals surface area (Å²) in [5.74, 6) is -3.21. The summed E-state index contributed by atoms with van der Waals surface area (Å²) in [4.78, 5) is 54.5. The van der Waals surface area contributed by atoms with Crippen LogP contribution in [0.3, 0.4) is 0 Å². The van der Waals surface area contributed by atoms with E-state index in [0.29, 0.717) is 27.5 Å². The lowest BCUT2D eigenvalue weighted by atomic mass is 10.1. The lowest BCUT2D eigenvalue weighted by molar-refractivity contribution is -0.137. The van der Waals surface area contributed by atoms with Crippen LogP contribution in [0.2, 0.25) is 5.02 Å². The van der Waals surface area contributed by atoms with Gasteiger partial charge in [-0.15, -0.1) is 5.10 Å². The number of halogens is 1. The minimum absolute atomic E-state index is 0.0701. The molecule has 0 fully saturated rings. The lowest BCUT2D eigenvalue weighted by Gasteiger charge is -2.19. The number of pyridine rings is 1. The molecule has 198 valence electrons. The van der Waals surface area contributed by atoms with E-state index in [0.717, 1.165) is 0 Å². The number of anilines is 2. The van der Waals surface area contributed by atoms with Crippen LogP contribution in [0.1, 0.15) is 15.9 Å². The Bertz CT molecular complexity index is 1480. The number of carbonyl (C=O) groups is 4. The molecule has 0 saturated heterocycles. The molecule has 0 bridgehead atoms. The van der Waals surface area contributed by atoms with Gasteiger partial charge in [-0.2, -0.15) is 4.68 Å². The third kappa shape index (κ3) is 6.99. The topological polar surface area (TPSA) is 170 Å². The lowest BCUT2D eigenvalue weighted by Crippen LogP contribution is -2.49. The fourth-order valence-electron chi connectivity index (χ4n) is 3.48. The molecule has 13 nitrogen and oxygen atoms in total. The number of methoxy groups -OCH3 is 1. The van der Waals surface area contributed by atoms with E-state index in [1.54, 1.807) is 36.7 Å². The van der Waals surface area contributed by atoms with Gasteiger partial charge < -0.3 is 20.7 Å². The van der Waals surface area contributed by atoms with E-state index in [4.69, 9.17) is 11.6 Å². The number of hydrogen-bond donors (Lipinski definition) is 3. The maximum absolute atomic E-state index is 13.2. The zero-order chi connectivity index (χ0) is 27.8. The summed E-state index contributed by atoms with van der Waals surface area (Å²) in [6.07, 6.45) is 4.47. The number of ether oxygens (including phenoxy) is 1. The summed E-state index contributed by atoms with van der Waals surface area (Å²) < 4.78 is 5.96. The van der Waals surface area contributed by atoms with Gasteiger partial charge in [0.2, 0.25) is 5.91 Å². The van der Waals surface area contributed by atoms with Gasteiger partial charge in [-0.25, -0.2) is 4.79 Å². The molecule has 2 aromatic heterocycles. The predicted molar refractivity (Wildman–Crippen MR) is 139 cm³/mol. The molecule has 1 atom stereocenters. The van der Waals surface area contributed by atoms with Crippen molar-refractivity contribution in [1.82, 2.24) is 30.5 Å². The Morgan fingerprint density at radius 1 is 0.974 bits per heavy atom. The molecule has 0 aliphatic heterocycles. The predicted octanol–water partition coefficient (Wildman–Crippen LogP) is 1.80. The number of tetrazole rings is 1. The van der Waals surface area contributed by atoms with Crippen LogP contribution in [0, 0.1) is 0 Å². The van der Waals surface area contributed by atoms with Crippen LogP contribution in [0.5, 0.6) is 0 Å². The summed E-state index contributed by atoms with van der Waals surface area (Å²) in [7, 11) is 1.26. The number of esters is 1. The van der Waals surface area contributed by atoms with Gasteiger partial charge in [0.1, 0.15) is 12.4 Å². The molecular formula is C25H21ClN8O5. The zero-order valence-corrected chi connectivity index (χ0v) is 21.1. The van der Waals surface area contributed by atoms with E-state index in [9.17, 15) is 19.2 Å². The summed E-state index contributed by atoms with van der Waals surface area (Å²) in [6.45, 7) is 0. The largest absolute Gasteiger partial charge is 0.465 e. The van der Waals surface area contributed by atoms with Crippen molar-refractivity contribution in [3.05, 3.63) is 89.5 Å². The van der Waals surface area contributed by atoms with Crippen LogP contribution in [-0.2, 0) is 25.5 Å². The molecule has 39 heavy (non-hydrogen) atoms. The Morgan fingerprint density at radius 3 is 2.38 bits per heavy atom. The van der Waals surface area contributed by atoms with Gasteiger partial charge in [0.05, 0.1) is 24.0 Å². The Kier molecular flexibility index (Phi) is 8.53. The van der Waals surface area contributed by atoms with Crippen molar-refractivity contribution in [3.63, 3.8) is 0 Å². The molecule has 0 spiro atoms. The van der Waals surface area contributed by atoms with E-state index in [-0.39, 0.29) is 12.1 Å². The average molecular weight is 549 g/mol. The van der Waals surface area contributed by atoms with Crippen molar-refractivity contribution >= 4 is 46.7 Å². The van der Waals surface area contributed by atoms with E-state index >= 15 is 0 Å². The van der Waals surface area contributed by atoms with Crippen molar-refractivity contribution in [3.8, 4) is 5.69 Å². The highest BCUT2D eigenvalue weighted by molar-refractivity contribution is 6.40. The first-order valence-electron chi connectivity index (χ1n) is 11.4. The minimum Gasteiger partial charge on any atom is -0.465 e. The van der Waals surface area contributed by atoms with Crippen molar-refractivity contribution < 1.29 is 23.9 Å². The van der Waals surface area contributed by atoms with E-state index in [1.165, 1.54) is 48.5 Å². The third-order valence-electron chi connectivity index (χ3n) is 5.39. The van der Waals surface area contributed by atoms with Crippen molar-refractivity contribution in [2.75, 3.05) is 17.7 Å². The molecule has 2 heterocycles. The van der Waals surface area contributed by atoms with E-state index in [1.807, 2.05) is 0 Å². The molecule has 0 aliphatic rings. The van der Waals surface area contributed by atoms with Crippen LogP contribution < -0.4 is 16.0 Å². The fraction of sp³-hybridized carbons (Fsp3) is 0.120. The summed E-state index contributed by atoms with van der Waals surface area (Å²) >= 11 is 6.07. The maximum atomic E-state index is 13.2. The Hall–Kier alpha value is -5.17. The molecule has 14 heteroatoms. The molecule has 0 aliphatic carbocycles. The summed E-state index contributed by atoms with van der Waals surface area (Å²) in [5.41, 5.74) is 1.91. The molecule has 4 aromatic rings. The number of benzene rings is 2. The van der Waals surface area contributed by atoms with Gasteiger partial charge in [-0.3, -0.25) is 19.4 Å². The second kappa shape index (κ2) is 12.4. The first kappa shape index (κ1) is 26.9. The fourth-order valence-corrected chi connectivity index (χ4v) is 3.66. The monoisotopic (exact) mass is 548 g/mol. The van der Waals surface area contributed by atoms with Crippen LogP contribution in [0.15, 0.2) is 73.3 Å². The van der Waals surface area contributed by atoms with Gasteiger partial charge >= 0.3 is 17.8 Å². The van der Waals surface area contributed by atoms with Crippen LogP contribution in [-0.4, -0.2) is 62.0 Å². The Morgan fingerprint density at radius 2 is 1.72 bits per heavy atom. The maximum Gasteiger partial charge on any atom is 0.337 e. The zero-order valence-electron chi connectivity index (χ0n) is 20.4. The van der Waals surface area contributed by atoms with Crippen molar-refractivity contribution in [1.29, 1.82) is 0 Å². The van der Waals surface area contributed by atoms with Gasteiger partial charge in [-0.1, -0.05) is 11.6 Å². The number of carbonyl (C=O) groups excluding carboxylic acids is 4. The SMILES string of the molecule is COC(=O)c1ccc(NC(=O)[C@H](Cc2ccncc2)NC(=O)C(=O)Nc2cc(Cl)ccc2-n2cnnn2)cc1. The van der Waals surface area contributed by atoms with Gasteiger partial charge in [0.15, 0.2) is 0 Å². The smallest absolute Gasteiger partial charge is 0.337 e. The first-order chi connectivity index (χ1) is 18.8. The number of rotatable bonds is 8. The van der Waals surface area contributed by atoms with Gasteiger partial charge in [-0.05, 0) is 70.6 Å². The molecular weight excluding hydrogens is 528 g/mol. The average Bonchev–Trinajstić information content (AvgIpc) is 3.48. The number of hydrogen-bond acceptors (Lipinski definition) is 9. The quantitative estimate of drug-likeness (QED) is 0.219. The number of aromatic nitrogens is 5. The molecule has 0 saturated carbocycles. The second-order valence-corrected chi connectivity index (χ2v) is 8.45. The highest BCUT2D eigenvalue weighted by atomic mass is 35.5. The first-order valence-corrected chi connectivity index (χ1v) is 11.7. The van der Waals surface area contributed by atoms with Crippen molar-refractivity contribution in [2.24, 2.45) is 0 Å². The number of amides is 3. The minimum atomic E-state index is -1.13. The molecule has 4 rings (SSSR count). The third-order valence-corrected chi connectivity index (χ3v) is 5.63. The molecule has 0 unspecified atom stereocenters. The standard InChI is InChI=1S/C25H21ClN8O5/c1-39-25(38)16-2-5-18(6-3-16)29-22(35)20(12-15-8-10-27-11-9-15)31-24(37)23(36)30-19-13-17(26)4-7-21(19)34-14-28-32-33-34/h2-11,13-14,20H,12H2,1H3,(H,29,35)(H,30,36)(H,31,37)/t20-/m0/s1. The van der Waals surface area contributed by atoms with Crippen LogP contribution in [0.25, 0.3) is 5.69 Å². The highest BCUT2D eigenvalue weighted by Gasteiger charge is 2.26. The van der Waals surface area contributed by atoms with Crippen molar-refractivity contribution in [2.45, 2.75) is 12.5 Å². The van der Waals surface area contributed by atoms with E-state index in [2.05, 4.69) is 41.2 Å².